The zero-order valence-electron chi connectivity index (χ0n) is 23.0. The number of fused-ring (bicyclic) bond motifs is 1. The van der Waals surface area contributed by atoms with Crippen LogP contribution in [0.5, 0.6) is 0 Å². The van der Waals surface area contributed by atoms with E-state index in [0.717, 1.165) is 11.1 Å². The number of nitrogens with one attached hydrogen (secondary N) is 2. The smallest absolute Gasteiger partial charge is 0.408 e. The van der Waals surface area contributed by atoms with Crippen LogP contribution < -0.4 is 10.6 Å². The number of rotatable bonds is 9. The van der Waals surface area contributed by atoms with E-state index in [0.29, 0.717) is 5.56 Å². The lowest BCUT2D eigenvalue weighted by Crippen LogP contribution is -2.77. The van der Waals surface area contributed by atoms with Gasteiger partial charge in [-0.05, 0) is 28.8 Å². The van der Waals surface area contributed by atoms with Gasteiger partial charge in [-0.1, -0.05) is 60.7 Å². The molecular weight excluding hydrogens is 576 g/mol. The van der Waals surface area contributed by atoms with E-state index in [1.807, 2.05) is 60.7 Å². The number of nitro groups is 1. The summed E-state index contributed by atoms with van der Waals surface area (Å²) in [5.41, 5.74) is 0.442. The van der Waals surface area contributed by atoms with Crippen molar-refractivity contribution in [3.63, 3.8) is 0 Å². The van der Waals surface area contributed by atoms with Crippen LogP contribution in [0.3, 0.4) is 0 Å². The van der Waals surface area contributed by atoms with Crippen LogP contribution in [-0.2, 0) is 30.5 Å². The number of nitro benzene ring substituents is 1. The van der Waals surface area contributed by atoms with E-state index in [1.54, 1.807) is 0 Å². The van der Waals surface area contributed by atoms with Crippen molar-refractivity contribution in [2.75, 3.05) is 12.3 Å². The SMILES string of the molecule is CC(=O)NC1(C(=O)OC(c2ccccc2)c2ccccc2)CS[C@@H]2C(NC(=O)OCc3ccc([N+](=O)[O-])cc3)C(=O)N2C1. The van der Waals surface area contributed by atoms with Crippen LogP contribution in [0.2, 0.25) is 0 Å². The molecule has 0 aromatic heterocycles. The van der Waals surface area contributed by atoms with Gasteiger partial charge in [-0.3, -0.25) is 19.7 Å². The molecule has 0 bridgehead atoms. The van der Waals surface area contributed by atoms with Gasteiger partial charge in [0, 0.05) is 24.8 Å². The van der Waals surface area contributed by atoms with Crippen molar-refractivity contribution in [3.8, 4) is 0 Å². The Hall–Kier alpha value is -4.91. The summed E-state index contributed by atoms with van der Waals surface area (Å²) in [7, 11) is 0. The average molecular weight is 605 g/mol. The van der Waals surface area contributed by atoms with Gasteiger partial charge in [-0.25, -0.2) is 9.59 Å². The highest BCUT2D eigenvalue weighted by Gasteiger charge is 2.58. The number of thioether (sulfide) groups is 1. The summed E-state index contributed by atoms with van der Waals surface area (Å²) < 4.78 is 11.3. The molecule has 3 amide bonds. The van der Waals surface area contributed by atoms with Crippen LogP contribution in [0, 0.1) is 10.1 Å². The Balaban J connectivity index is 1.24. The summed E-state index contributed by atoms with van der Waals surface area (Å²) in [4.78, 5) is 63.3. The molecule has 13 heteroatoms. The highest BCUT2D eigenvalue weighted by Crippen LogP contribution is 2.40. The predicted molar refractivity (Wildman–Crippen MR) is 156 cm³/mol. The maximum Gasteiger partial charge on any atom is 0.408 e. The largest absolute Gasteiger partial charge is 0.451 e. The first-order valence-electron chi connectivity index (χ1n) is 13.4. The molecule has 2 aliphatic rings. The average Bonchev–Trinajstić information content (AvgIpc) is 3.02. The standard InChI is InChI=1S/C30H28N4O8S/c1-19(35)32-30(28(37)42-25(21-8-4-2-5-9-21)22-10-6-3-7-11-22)17-33-26(36)24(27(33)43-18-30)31-29(38)41-16-20-12-14-23(15-13-20)34(39)40/h2-15,24-25,27H,16-18H2,1H3,(H,31,38)(H,32,35)/t24?,27-,30?/m1/s1. The molecule has 222 valence electrons. The summed E-state index contributed by atoms with van der Waals surface area (Å²) in [6, 6.07) is 23.1. The normalized spacial score (nSPS) is 20.8. The van der Waals surface area contributed by atoms with Gasteiger partial charge in [0.25, 0.3) is 5.69 Å². The van der Waals surface area contributed by atoms with E-state index >= 15 is 0 Å². The van der Waals surface area contributed by atoms with Gasteiger partial charge in [0.1, 0.15) is 18.0 Å². The minimum atomic E-state index is -1.51. The van der Waals surface area contributed by atoms with Crippen molar-refractivity contribution in [1.82, 2.24) is 15.5 Å². The van der Waals surface area contributed by atoms with Crippen LogP contribution in [0.1, 0.15) is 29.7 Å². The molecule has 2 unspecified atom stereocenters. The van der Waals surface area contributed by atoms with Crippen molar-refractivity contribution < 1.29 is 33.6 Å². The molecule has 3 aromatic rings. The summed E-state index contributed by atoms with van der Waals surface area (Å²) in [6.45, 7) is 1.02. The fraction of sp³-hybridized carbons (Fsp3) is 0.267. The van der Waals surface area contributed by atoms with Crippen LogP contribution in [0.25, 0.3) is 0 Å². The molecular formula is C30H28N4O8S. The fourth-order valence-corrected chi connectivity index (χ4v) is 6.47. The highest BCUT2D eigenvalue weighted by molar-refractivity contribution is 8.00. The Labute approximate surface area is 250 Å². The van der Waals surface area contributed by atoms with Gasteiger partial charge >= 0.3 is 12.1 Å². The second-order valence-corrected chi connectivity index (χ2v) is 11.3. The number of esters is 1. The van der Waals surface area contributed by atoms with E-state index < -0.39 is 51.9 Å². The predicted octanol–water partition coefficient (Wildman–Crippen LogP) is 3.31. The van der Waals surface area contributed by atoms with Crippen molar-refractivity contribution in [3.05, 3.63) is 112 Å². The Morgan fingerprint density at radius 2 is 1.63 bits per heavy atom. The van der Waals surface area contributed by atoms with Gasteiger partial charge in [-0.15, -0.1) is 11.8 Å². The second-order valence-electron chi connectivity index (χ2n) is 10.2. The van der Waals surface area contributed by atoms with E-state index in [4.69, 9.17) is 9.47 Å². The number of nitrogens with zero attached hydrogens (tertiary/aromatic N) is 2. The molecule has 3 aromatic carbocycles. The number of alkyl carbamates (subject to hydrolysis) is 1. The number of amides is 3. The van der Waals surface area contributed by atoms with E-state index in [9.17, 15) is 29.3 Å². The lowest BCUT2D eigenvalue weighted by molar-refractivity contribution is -0.384. The third kappa shape index (κ3) is 6.46. The van der Waals surface area contributed by atoms with Crippen molar-refractivity contribution >= 4 is 41.3 Å². The molecule has 0 spiro atoms. The number of hydrogen-bond donors (Lipinski definition) is 2. The maximum atomic E-state index is 13.8. The van der Waals surface area contributed by atoms with Gasteiger partial charge < -0.3 is 25.0 Å². The minimum Gasteiger partial charge on any atom is -0.451 e. The van der Waals surface area contributed by atoms with Gasteiger partial charge in [0.05, 0.1) is 11.5 Å². The maximum absolute atomic E-state index is 13.8. The monoisotopic (exact) mass is 604 g/mol. The van der Waals surface area contributed by atoms with Gasteiger partial charge in [-0.2, -0.15) is 0 Å². The molecule has 3 atom stereocenters. The summed E-state index contributed by atoms with van der Waals surface area (Å²) in [6.07, 6.45) is -1.57. The molecule has 0 radical (unpaired) electrons. The Morgan fingerprint density at radius 1 is 1.02 bits per heavy atom. The molecule has 2 saturated heterocycles. The molecule has 12 nitrogen and oxygen atoms in total. The summed E-state index contributed by atoms with van der Waals surface area (Å²) >= 11 is 1.24. The number of benzene rings is 3. The Bertz CT molecular complexity index is 1480. The molecule has 5 rings (SSSR count). The van der Waals surface area contributed by atoms with E-state index in [2.05, 4.69) is 10.6 Å². The first kappa shape index (κ1) is 29.6. The number of non-ortho nitro benzene ring substituents is 1. The highest BCUT2D eigenvalue weighted by atomic mass is 32.2. The van der Waals surface area contributed by atoms with Crippen molar-refractivity contribution in [1.29, 1.82) is 0 Å². The number of hydrogen-bond acceptors (Lipinski definition) is 9. The summed E-state index contributed by atoms with van der Waals surface area (Å²) in [5.74, 6) is -1.47. The minimum absolute atomic E-state index is 0.0856. The molecule has 2 heterocycles. The fourth-order valence-electron chi connectivity index (χ4n) is 5.00. The Kier molecular flexibility index (Phi) is 8.62. The van der Waals surface area contributed by atoms with E-state index in [-0.39, 0.29) is 24.6 Å². The number of carbonyl (C=O) groups is 4. The molecule has 2 fully saturated rings. The molecule has 2 N–H and O–H groups in total. The lowest BCUT2D eigenvalue weighted by Gasteiger charge is -2.53. The topological polar surface area (TPSA) is 157 Å². The van der Waals surface area contributed by atoms with Crippen LogP contribution in [-0.4, -0.2) is 63.0 Å². The summed E-state index contributed by atoms with van der Waals surface area (Å²) in [5, 5.41) is 15.6. The van der Waals surface area contributed by atoms with Crippen molar-refractivity contribution in [2.24, 2.45) is 0 Å². The second kappa shape index (κ2) is 12.5. The zero-order valence-corrected chi connectivity index (χ0v) is 23.8. The van der Waals surface area contributed by atoms with E-state index in [1.165, 1.54) is 47.9 Å². The van der Waals surface area contributed by atoms with Crippen LogP contribution in [0.4, 0.5) is 10.5 Å². The molecule has 43 heavy (non-hydrogen) atoms. The van der Waals surface area contributed by atoms with Crippen LogP contribution >= 0.6 is 11.8 Å². The lowest BCUT2D eigenvalue weighted by atomic mass is 9.95. The third-order valence-corrected chi connectivity index (χ3v) is 8.64. The first-order chi connectivity index (χ1) is 20.7. The van der Waals surface area contributed by atoms with Gasteiger partial charge in [0.15, 0.2) is 11.6 Å². The third-order valence-electron chi connectivity index (χ3n) is 7.11. The number of β-lactam (4-membered cyclic amide) rings is 1. The first-order valence-corrected chi connectivity index (χ1v) is 14.4. The number of ether oxygens (including phenoxy) is 2. The molecule has 2 aliphatic heterocycles. The molecule has 0 saturated carbocycles. The van der Waals surface area contributed by atoms with Crippen LogP contribution in [0.15, 0.2) is 84.9 Å². The molecule has 0 aliphatic carbocycles. The van der Waals surface area contributed by atoms with Gasteiger partial charge in [0.2, 0.25) is 11.8 Å². The number of carbonyl (C=O) groups excluding carboxylic acids is 4. The quantitative estimate of drug-likeness (QED) is 0.162. The zero-order chi connectivity index (χ0) is 30.6. The Morgan fingerprint density at radius 3 is 2.19 bits per heavy atom. The van der Waals surface area contributed by atoms with Crippen molar-refractivity contribution in [2.45, 2.75) is 36.6 Å².